The highest BCUT2D eigenvalue weighted by Crippen LogP contribution is 2.41. The summed E-state index contributed by atoms with van der Waals surface area (Å²) in [6.45, 7) is 5.58. The Morgan fingerprint density at radius 3 is 2.87 bits per heavy atom. The van der Waals surface area contributed by atoms with Crippen LogP contribution < -0.4 is 14.9 Å². The van der Waals surface area contributed by atoms with E-state index in [4.69, 9.17) is 9.47 Å². The fourth-order valence-corrected chi connectivity index (χ4v) is 4.18. The quantitative estimate of drug-likeness (QED) is 0.850. The zero-order valence-corrected chi connectivity index (χ0v) is 15.5. The van der Waals surface area contributed by atoms with Gasteiger partial charge in [0.05, 0.1) is 24.7 Å². The van der Waals surface area contributed by atoms with Crippen molar-refractivity contribution >= 4 is 21.6 Å². The fraction of sp³-hybridized carbons (Fsp3) is 0.588. The van der Waals surface area contributed by atoms with Crippen LogP contribution in [0.25, 0.3) is 0 Å². The molecule has 1 saturated heterocycles. The summed E-state index contributed by atoms with van der Waals surface area (Å²) in [5.41, 5.74) is 5.81. The molecular formula is C17H24BrN3O2. The minimum atomic E-state index is 0.195. The molecule has 1 aromatic carbocycles. The molecule has 3 rings (SSSR count). The van der Waals surface area contributed by atoms with Crippen molar-refractivity contribution in [3.05, 3.63) is 22.2 Å². The molecule has 2 unspecified atom stereocenters. The summed E-state index contributed by atoms with van der Waals surface area (Å²) in [5.74, 6) is 1.90. The predicted molar refractivity (Wildman–Crippen MR) is 95.4 cm³/mol. The molecule has 5 nitrogen and oxygen atoms in total. The van der Waals surface area contributed by atoms with Crippen LogP contribution in [-0.2, 0) is 0 Å². The Bertz CT molecular complexity index is 606. The smallest absolute Gasteiger partial charge is 0.174 e. The van der Waals surface area contributed by atoms with Gasteiger partial charge in [-0.2, -0.15) is 5.10 Å². The Balaban J connectivity index is 1.86. The van der Waals surface area contributed by atoms with Gasteiger partial charge in [-0.25, -0.2) is 0 Å². The number of piperidine rings is 1. The topological polar surface area (TPSA) is 46.1 Å². The maximum atomic E-state index is 5.48. The third kappa shape index (κ3) is 3.19. The lowest BCUT2D eigenvalue weighted by Crippen LogP contribution is -2.42. The van der Waals surface area contributed by atoms with Crippen molar-refractivity contribution in [2.45, 2.75) is 25.8 Å². The molecule has 0 radical (unpaired) electrons. The van der Waals surface area contributed by atoms with Gasteiger partial charge in [-0.15, -0.1) is 0 Å². The zero-order chi connectivity index (χ0) is 16.4. The zero-order valence-electron chi connectivity index (χ0n) is 13.9. The second-order valence-corrected chi connectivity index (χ2v) is 6.96. The van der Waals surface area contributed by atoms with E-state index in [0.717, 1.165) is 42.0 Å². The number of ether oxygens (including phenoxy) is 2. The molecule has 2 atom stereocenters. The molecule has 0 saturated carbocycles. The summed E-state index contributed by atoms with van der Waals surface area (Å²) in [5, 5.41) is 4.59. The van der Waals surface area contributed by atoms with Crippen molar-refractivity contribution in [3.8, 4) is 11.5 Å². The first-order valence-electron chi connectivity index (χ1n) is 8.13. The van der Waals surface area contributed by atoms with E-state index >= 15 is 0 Å². The van der Waals surface area contributed by atoms with Gasteiger partial charge in [0.25, 0.3) is 0 Å². The van der Waals surface area contributed by atoms with Crippen LogP contribution in [-0.4, -0.2) is 44.5 Å². The van der Waals surface area contributed by atoms with Crippen LogP contribution in [0.3, 0.4) is 0 Å². The summed E-state index contributed by atoms with van der Waals surface area (Å²) in [4.78, 5) is 2.54. The SMILES string of the molecule is CCCN1CCC2=NNC(c3cc(Br)c(OC)c(OC)c3)C2C1. The van der Waals surface area contributed by atoms with Gasteiger partial charge in [-0.1, -0.05) is 6.92 Å². The summed E-state index contributed by atoms with van der Waals surface area (Å²) in [6.07, 6.45) is 2.25. The van der Waals surface area contributed by atoms with E-state index in [1.54, 1.807) is 14.2 Å². The molecule has 23 heavy (non-hydrogen) atoms. The molecule has 1 fully saturated rings. The molecular weight excluding hydrogens is 358 g/mol. The second-order valence-electron chi connectivity index (χ2n) is 6.11. The fourth-order valence-electron chi connectivity index (χ4n) is 3.56. The van der Waals surface area contributed by atoms with Gasteiger partial charge in [0.15, 0.2) is 11.5 Å². The van der Waals surface area contributed by atoms with Crippen molar-refractivity contribution in [3.63, 3.8) is 0 Å². The lowest BCUT2D eigenvalue weighted by molar-refractivity contribution is 0.228. The van der Waals surface area contributed by atoms with Crippen LogP contribution in [0.15, 0.2) is 21.7 Å². The number of methoxy groups -OCH3 is 2. The summed E-state index contributed by atoms with van der Waals surface area (Å²) in [7, 11) is 3.32. The molecule has 1 N–H and O–H groups in total. The van der Waals surface area contributed by atoms with Gasteiger partial charge in [-0.05, 0) is 46.6 Å². The maximum Gasteiger partial charge on any atom is 0.174 e. The van der Waals surface area contributed by atoms with Crippen molar-refractivity contribution in [1.82, 2.24) is 10.3 Å². The average molecular weight is 382 g/mol. The van der Waals surface area contributed by atoms with E-state index in [9.17, 15) is 0 Å². The molecule has 2 heterocycles. The Kier molecular flexibility index (Phi) is 5.11. The van der Waals surface area contributed by atoms with Gasteiger partial charge < -0.3 is 19.8 Å². The number of likely N-dealkylation sites (tertiary alicyclic amines) is 1. The Morgan fingerprint density at radius 1 is 1.35 bits per heavy atom. The maximum absolute atomic E-state index is 5.48. The number of halogens is 1. The van der Waals surface area contributed by atoms with Gasteiger partial charge in [-0.3, -0.25) is 0 Å². The van der Waals surface area contributed by atoms with E-state index in [2.05, 4.69) is 50.4 Å². The summed E-state index contributed by atoms with van der Waals surface area (Å²) in [6, 6.07) is 4.36. The minimum absolute atomic E-state index is 0.195. The van der Waals surface area contributed by atoms with Crippen molar-refractivity contribution in [2.24, 2.45) is 11.0 Å². The number of benzene rings is 1. The van der Waals surface area contributed by atoms with E-state index in [1.165, 1.54) is 17.7 Å². The minimum Gasteiger partial charge on any atom is -0.493 e. The third-order valence-electron chi connectivity index (χ3n) is 4.67. The Morgan fingerprint density at radius 2 is 2.17 bits per heavy atom. The molecule has 0 bridgehead atoms. The van der Waals surface area contributed by atoms with Gasteiger partial charge in [0, 0.05) is 31.1 Å². The number of hydrogen-bond acceptors (Lipinski definition) is 5. The molecule has 2 aliphatic rings. The average Bonchev–Trinajstić information content (AvgIpc) is 2.97. The van der Waals surface area contributed by atoms with Crippen LogP contribution >= 0.6 is 15.9 Å². The van der Waals surface area contributed by atoms with Crippen LogP contribution in [0.1, 0.15) is 31.4 Å². The van der Waals surface area contributed by atoms with Crippen LogP contribution in [0.4, 0.5) is 0 Å². The van der Waals surface area contributed by atoms with E-state index < -0.39 is 0 Å². The predicted octanol–water partition coefficient (Wildman–Crippen LogP) is 3.20. The molecule has 0 aromatic heterocycles. The highest BCUT2D eigenvalue weighted by molar-refractivity contribution is 9.10. The second kappa shape index (κ2) is 7.09. The van der Waals surface area contributed by atoms with E-state index in [0.29, 0.717) is 5.92 Å². The van der Waals surface area contributed by atoms with Gasteiger partial charge in [0.2, 0.25) is 0 Å². The van der Waals surface area contributed by atoms with Crippen LogP contribution in [0, 0.1) is 5.92 Å². The first kappa shape index (κ1) is 16.6. The number of hydrazone groups is 1. The lowest BCUT2D eigenvalue weighted by atomic mass is 9.86. The number of fused-ring (bicyclic) bond motifs is 1. The van der Waals surface area contributed by atoms with Crippen LogP contribution in [0.5, 0.6) is 11.5 Å². The molecule has 2 aliphatic heterocycles. The van der Waals surface area contributed by atoms with Crippen molar-refractivity contribution in [2.75, 3.05) is 33.9 Å². The largest absolute Gasteiger partial charge is 0.493 e. The van der Waals surface area contributed by atoms with E-state index in [-0.39, 0.29) is 6.04 Å². The molecule has 0 aliphatic carbocycles. The molecule has 1 aromatic rings. The number of rotatable bonds is 5. The number of nitrogens with one attached hydrogen (secondary N) is 1. The highest BCUT2D eigenvalue weighted by Gasteiger charge is 2.37. The normalized spacial score (nSPS) is 23.9. The Labute approximate surface area is 146 Å². The third-order valence-corrected chi connectivity index (χ3v) is 5.26. The number of hydrogen-bond donors (Lipinski definition) is 1. The standard InChI is InChI=1S/C17H24BrN3O2/c1-4-6-21-7-5-14-12(10-21)16(20-19-14)11-8-13(18)17(23-3)15(9-11)22-2/h8-9,12,16,20H,4-7,10H2,1-3H3. The van der Waals surface area contributed by atoms with Crippen LogP contribution in [0.2, 0.25) is 0 Å². The van der Waals surface area contributed by atoms with Gasteiger partial charge >= 0.3 is 0 Å². The molecule has 6 heteroatoms. The van der Waals surface area contributed by atoms with E-state index in [1.807, 2.05) is 0 Å². The highest BCUT2D eigenvalue weighted by atomic mass is 79.9. The molecule has 0 amide bonds. The summed E-state index contributed by atoms with van der Waals surface area (Å²) < 4.78 is 11.8. The van der Waals surface area contributed by atoms with Crippen molar-refractivity contribution < 1.29 is 9.47 Å². The monoisotopic (exact) mass is 381 g/mol. The van der Waals surface area contributed by atoms with Crippen molar-refractivity contribution in [1.29, 1.82) is 0 Å². The summed E-state index contributed by atoms with van der Waals surface area (Å²) >= 11 is 3.59. The molecule has 126 valence electrons. The van der Waals surface area contributed by atoms with Gasteiger partial charge in [0.1, 0.15) is 0 Å². The first-order chi connectivity index (χ1) is 11.2. The molecule has 0 spiro atoms. The lowest BCUT2D eigenvalue weighted by Gasteiger charge is -2.33. The first-order valence-corrected chi connectivity index (χ1v) is 8.93. The number of nitrogens with zero attached hydrogens (tertiary/aromatic N) is 2. The Hall–Kier alpha value is -1.27.